The molecule has 13 heavy (non-hydrogen) atoms. The molecular weight excluding hydrogens is 238 g/mol. The highest BCUT2D eigenvalue weighted by Crippen LogP contribution is 2.25. The van der Waals surface area contributed by atoms with Gasteiger partial charge < -0.3 is 10.1 Å². The normalized spacial score (nSPS) is 13.2. The zero-order valence-corrected chi connectivity index (χ0v) is 7.85. The molecule has 5 nitrogen and oxygen atoms in total. The summed E-state index contributed by atoms with van der Waals surface area (Å²) in [6.07, 6.45) is 0. The number of rotatable bonds is 0. The van der Waals surface area contributed by atoms with Gasteiger partial charge in [0.05, 0.1) is 5.10 Å². The van der Waals surface area contributed by atoms with Gasteiger partial charge >= 0.3 is 5.84 Å². The van der Waals surface area contributed by atoms with E-state index in [0.29, 0.717) is 11.3 Å². The number of benzene rings is 1. The molecule has 0 saturated heterocycles. The fourth-order valence-electron chi connectivity index (χ4n) is 1.06. The fourth-order valence-corrected chi connectivity index (χ4v) is 1.43. The van der Waals surface area contributed by atoms with Gasteiger partial charge in [-0.05, 0) is 28.5 Å². The Morgan fingerprint density at radius 3 is 2.92 bits per heavy atom. The van der Waals surface area contributed by atoms with Gasteiger partial charge in [-0.3, -0.25) is 0 Å². The van der Waals surface area contributed by atoms with Crippen LogP contribution in [0.25, 0.3) is 0 Å². The fraction of sp³-hybridized carbons (Fsp3) is 0. The van der Waals surface area contributed by atoms with Crippen LogP contribution in [0.3, 0.4) is 0 Å². The summed E-state index contributed by atoms with van der Waals surface area (Å²) in [6, 6.07) is 5.08. The van der Waals surface area contributed by atoms with Crippen molar-refractivity contribution in [3.63, 3.8) is 0 Å². The number of hydrogen-bond acceptors (Lipinski definition) is 3. The lowest BCUT2D eigenvalue weighted by atomic mass is 10.2. The number of nitrogens with zero attached hydrogens (tertiary/aromatic N) is 3. The number of halogens is 1. The van der Waals surface area contributed by atoms with E-state index in [1.165, 1.54) is 0 Å². The van der Waals surface area contributed by atoms with E-state index in [1.807, 2.05) is 0 Å². The third-order valence-corrected chi connectivity index (χ3v) is 2.12. The Morgan fingerprint density at radius 1 is 1.46 bits per heavy atom. The molecule has 0 atom stereocenters. The molecule has 0 amide bonds. The summed E-state index contributed by atoms with van der Waals surface area (Å²) in [6.45, 7) is 0. The van der Waals surface area contributed by atoms with Gasteiger partial charge in [0.15, 0.2) is 0 Å². The van der Waals surface area contributed by atoms with Gasteiger partial charge in [0.25, 0.3) is 0 Å². The molecule has 1 heterocycles. The predicted molar refractivity (Wildman–Crippen MR) is 49.5 cm³/mol. The van der Waals surface area contributed by atoms with Crippen LogP contribution in [0.1, 0.15) is 5.56 Å². The number of nitro groups is 1. The predicted octanol–water partition coefficient (Wildman–Crippen LogP) is 1.64. The highest BCUT2D eigenvalue weighted by atomic mass is 79.9. The smallest absolute Gasteiger partial charge is 0.358 e. The molecule has 1 aromatic carbocycles. The molecule has 0 spiro atoms. The molecule has 1 aliphatic heterocycles. The van der Waals surface area contributed by atoms with Crippen LogP contribution in [0.5, 0.6) is 0 Å². The van der Waals surface area contributed by atoms with Crippen LogP contribution >= 0.6 is 15.9 Å². The highest BCUT2D eigenvalue weighted by Gasteiger charge is 2.28. The molecule has 1 aromatic rings. The van der Waals surface area contributed by atoms with Crippen molar-refractivity contribution in [3.05, 3.63) is 38.3 Å². The minimum atomic E-state index is -0.540. The second-order valence-electron chi connectivity index (χ2n) is 2.44. The monoisotopic (exact) mass is 240 g/mol. The van der Waals surface area contributed by atoms with Crippen LogP contribution < -0.4 is 5.43 Å². The van der Waals surface area contributed by atoms with Crippen molar-refractivity contribution in [1.29, 1.82) is 0 Å². The van der Waals surface area contributed by atoms with Gasteiger partial charge in [-0.2, -0.15) is 0 Å². The van der Waals surface area contributed by atoms with Gasteiger partial charge in [0, 0.05) is 4.47 Å². The van der Waals surface area contributed by atoms with Crippen molar-refractivity contribution in [1.82, 2.24) is 5.43 Å². The second kappa shape index (κ2) is 2.81. The summed E-state index contributed by atoms with van der Waals surface area (Å²) in [4.78, 5) is 9.94. The van der Waals surface area contributed by atoms with E-state index in [1.54, 1.807) is 18.2 Å². The first-order chi connectivity index (χ1) is 6.18. The molecule has 0 bridgehead atoms. The number of amidine groups is 1. The average Bonchev–Trinajstić information content (AvgIpc) is 2.46. The Bertz CT molecular complexity index is 416. The van der Waals surface area contributed by atoms with E-state index >= 15 is 0 Å². The molecule has 0 saturated carbocycles. The molecule has 0 aromatic heterocycles. The maximum atomic E-state index is 10.5. The van der Waals surface area contributed by atoms with Gasteiger partial charge in [0.2, 0.25) is 0 Å². The lowest BCUT2D eigenvalue weighted by Gasteiger charge is -1.95. The molecule has 0 unspecified atom stereocenters. The zero-order chi connectivity index (χ0) is 9.42. The summed E-state index contributed by atoms with van der Waals surface area (Å²) in [5, 5.41) is 13.9. The number of fused-ring (bicyclic) bond motifs is 1. The molecule has 0 N–H and O–H groups in total. The maximum Gasteiger partial charge on any atom is 0.400 e. The summed E-state index contributed by atoms with van der Waals surface area (Å²) in [5.74, 6) is -0.198. The largest absolute Gasteiger partial charge is 0.400 e. The van der Waals surface area contributed by atoms with E-state index in [-0.39, 0.29) is 5.84 Å². The zero-order valence-electron chi connectivity index (χ0n) is 6.27. The van der Waals surface area contributed by atoms with Crippen LogP contribution in [0, 0.1) is 10.1 Å². The molecule has 6 heteroatoms. The minimum Gasteiger partial charge on any atom is -0.358 e. The Hall–Kier alpha value is -1.43. The lowest BCUT2D eigenvalue weighted by Crippen LogP contribution is -2.10. The standard InChI is InChI=1S/C7H3BrN3O2/c8-4-1-2-6-5(3-4)7(10-9-6)11(12)13/h1-3H. The van der Waals surface area contributed by atoms with Crippen molar-refractivity contribution in [3.8, 4) is 0 Å². The van der Waals surface area contributed by atoms with Crippen molar-refractivity contribution in [2.75, 3.05) is 0 Å². The van der Waals surface area contributed by atoms with Crippen LogP contribution in [0.15, 0.2) is 27.8 Å². The van der Waals surface area contributed by atoms with Crippen molar-refractivity contribution in [2.24, 2.45) is 5.10 Å². The first-order valence-electron chi connectivity index (χ1n) is 3.41. The molecule has 0 fully saturated rings. The Labute approximate surface area is 81.7 Å². The van der Waals surface area contributed by atoms with Crippen LogP contribution in [0.4, 0.5) is 5.69 Å². The minimum absolute atomic E-state index is 0.198. The van der Waals surface area contributed by atoms with Crippen molar-refractivity contribution < 1.29 is 4.92 Å². The van der Waals surface area contributed by atoms with Crippen molar-refractivity contribution >= 4 is 27.5 Å². The first-order valence-corrected chi connectivity index (χ1v) is 4.21. The third-order valence-electron chi connectivity index (χ3n) is 1.62. The SMILES string of the molecule is O=[N+]([O-])C1=N[N]c2ccc(Br)cc21. The number of hydrogen-bond donors (Lipinski definition) is 0. The highest BCUT2D eigenvalue weighted by molar-refractivity contribution is 9.10. The first kappa shape index (κ1) is 8.18. The molecule has 0 aliphatic carbocycles. The summed E-state index contributed by atoms with van der Waals surface area (Å²) in [7, 11) is 0. The Balaban J connectivity index is 2.54. The maximum absolute atomic E-state index is 10.5. The quantitative estimate of drug-likeness (QED) is 0.511. The van der Waals surface area contributed by atoms with Crippen LogP contribution in [-0.4, -0.2) is 10.8 Å². The summed E-state index contributed by atoms with van der Waals surface area (Å²) in [5.41, 5.74) is 4.66. The molecule has 2 rings (SSSR count). The Kier molecular flexibility index (Phi) is 1.77. The third kappa shape index (κ3) is 1.29. The molecule has 65 valence electrons. The molecule has 1 aliphatic rings. The Morgan fingerprint density at radius 2 is 2.23 bits per heavy atom. The van der Waals surface area contributed by atoms with Crippen LogP contribution in [-0.2, 0) is 0 Å². The van der Waals surface area contributed by atoms with E-state index in [9.17, 15) is 10.1 Å². The summed E-state index contributed by atoms with van der Waals surface area (Å²) < 4.78 is 0.776. The van der Waals surface area contributed by atoms with E-state index in [4.69, 9.17) is 0 Å². The van der Waals surface area contributed by atoms with Gasteiger partial charge in [0.1, 0.15) is 11.3 Å². The van der Waals surface area contributed by atoms with E-state index < -0.39 is 4.92 Å². The van der Waals surface area contributed by atoms with Gasteiger partial charge in [-0.15, -0.1) is 0 Å². The van der Waals surface area contributed by atoms with Crippen molar-refractivity contribution in [2.45, 2.75) is 0 Å². The van der Waals surface area contributed by atoms with Gasteiger partial charge in [-0.25, -0.2) is 0 Å². The lowest BCUT2D eigenvalue weighted by molar-refractivity contribution is -0.348. The second-order valence-corrected chi connectivity index (χ2v) is 3.36. The average molecular weight is 241 g/mol. The summed E-state index contributed by atoms with van der Waals surface area (Å²) >= 11 is 3.22. The van der Waals surface area contributed by atoms with E-state index in [2.05, 4.69) is 26.5 Å². The van der Waals surface area contributed by atoms with E-state index in [0.717, 1.165) is 4.47 Å². The van der Waals surface area contributed by atoms with Gasteiger partial charge in [-0.1, -0.05) is 15.9 Å². The van der Waals surface area contributed by atoms with Crippen LogP contribution in [0.2, 0.25) is 0 Å². The topological polar surface area (TPSA) is 69.6 Å². The molecule has 1 radical (unpaired) electrons. The molecular formula is C7H3BrN3O2.